The number of piperazine rings is 1. The zero-order chi connectivity index (χ0) is 16.4. The van der Waals surface area contributed by atoms with Gasteiger partial charge in [-0.15, -0.1) is 11.3 Å². The van der Waals surface area contributed by atoms with Crippen molar-refractivity contribution in [2.75, 3.05) is 44.3 Å². The van der Waals surface area contributed by atoms with E-state index in [4.69, 9.17) is 21.1 Å². The highest BCUT2D eigenvalue weighted by Gasteiger charge is 2.21. The first-order valence-electron chi connectivity index (χ1n) is 8.24. The minimum atomic E-state index is 0.644. The Hall–Kier alpha value is -1.50. The van der Waals surface area contributed by atoms with Crippen LogP contribution in [0.3, 0.4) is 0 Å². The summed E-state index contributed by atoms with van der Waals surface area (Å²) in [6.07, 6.45) is 2.76. The van der Waals surface area contributed by atoms with Crippen LogP contribution in [0.15, 0.2) is 23.7 Å². The molecular weight excluding hydrogens is 346 g/mol. The van der Waals surface area contributed by atoms with Crippen molar-refractivity contribution in [3.8, 4) is 11.5 Å². The molecule has 0 atom stereocenters. The molecule has 0 radical (unpaired) electrons. The summed E-state index contributed by atoms with van der Waals surface area (Å²) in [5, 5.41) is 3.79. The molecule has 24 heavy (non-hydrogen) atoms. The van der Waals surface area contributed by atoms with Gasteiger partial charge < -0.3 is 14.4 Å². The third-order valence-electron chi connectivity index (χ3n) is 4.33. The number of ether oxygens (including phenoxy) is 2. The molecule has 1 aromatic heterocycles. The minimum absolute atomic E-state index is 0.644. The number of aromatic nitrogens is 1. The van der Waals surface area contributed by atoms with Crippen LogP contribution >= 0.6 is 22.9 Å². The van der Waals surface area contributed by atoms with Crippen LogP contribution in [-0.2, 0) is 6.54 Å². The van der Waals surface area contributed by atoms with E-state index in [0.717, 1.165) is 50.0 Å². The molecule has 0 amide bonds. The number of hydrogen-bond donors (Lipinski definition) is 0. The molecule has 2 aliphatic heterocycles. The predicted molar refractivity (Wildman–Crippen MR) is 96.7 cm³/mol. The molecule has 1 aromatic carbocycles. The van der Waals surface area contributed by atoms with Gasteiger partial charge in [0.1, 0.15) is 0 Å². The number of hydrogen-bond acceptors (Lipinski definition) is 6. The summed E-state index contributed by atoms with van der Waals surface area (Å²) in [6.45, 7) is 6.26. The maximum atomic E-state index is 6.39. The van der Waals surface area contributed by atoms with Crippen LogP contribution in [-0.4, -0.2) is 49.3 Å². The number of halogens is 1. The molecule has 5 nitrogen and oxygen atoms in total. The topological polar surface area (TPSA) is 37.8 Å². The fraction of sp³-hybridized carbons (Fsp3) is 0.471. The minimum Gasteiger partial charge on any atom is -0.489 e. The van der Waals surface area contributed by atoms with E-state index in [1.165, 1.54) is 5.56 Å². The lowest BCUT2D eigenvalue weighted by atomic mass is 10.1. The van der Waals surface area contributed by atoms with E-state index in [0.29, 0.717) is 24.0 Å². The van der Waals surface area contributed by atoms with Crippen molar-refractivity contribution in [2.45, 2.75) is 13.0 Å². The Morgan fingerprint density at radius 2 is 1.96 bits per heavy atom. The molecule has 0 N–H and O–H groups in total. The largest absolute Gasteiger partial charge is 0.489 e. The quantitative estimate of drug-likeness (QED) is 0.834. The molecule has 1 saturated heterocycles. The van der Waals surface area contributed by atoms with Gasteiger partial charge >= 0.3 is 0 Å². The normalized spacial score (nSPS) is 18.5. The third kappa shape index (κ3) is 3.45. The van der Waals surface area contributed by atoms with Gasteiger partial charge in [-0.25, -0.2) is 4.98 Å². The van der Waals surface area contributed by atoms with Gasteiger partial charge in [0.25, 0.3) is 0 Å². The summed E-state index contributed by atoms with van der Waals surface area (Å²) >= 11 is 8.09. The summed E-state index contributed by atoms with van der Waals surface area (Å²) in [4.78, 5) is 9.19. The van der Waals surface area contributed by atoms with Crippen LogP contribution in [0, 0.1) is 0 Å². The Kier molecular flexibility index (Phi) is 4.78. The fourth-order valence-electron chi connectivity index (χ4n) is 3.10. The average Bonchev–Trinajstić information content (AvgIpc) is 3.01. The van der Waals surface area contributed by atoms with Gasteiger partial charge in [0.15, 0.2) is 16.6 Å². The SMILES string of the molecule is Clc1cc(CN2CCN(c3nccs3)CC2)cc2c1OCCCO2. The number of rotatable bonds is 3. The molecule has 7 heteroatoms. The van der Waals surface area contributed by atoms with Gasteiger partial charge in [0, 0.05) is 50.7 Å². The predicted octanol–water partition coefficient (Wildman–Crippen LogP) is 3.28. The van der Waals surface area contributed by atoms with Crippen LogP contribution in [0.4, 0.5) is 5.13 Å². The first-order valence-corrected chi connectivity index (χ1v) is 9.50. The van der Waals surface area contributed by atoms with Crippen LogP contribution in [0.1, 0.15) is 12.0 Å². The smallest absolute Gasteiger partial charge is 0.185 e. The van der Waals surface area contributed by atoms with Crippen LogP contribution < -0.4 is 14.4 Å². The summed E-state index contributed by atoms with van der Waals surface area (Å²) in [7, 11) is 0. The Labute approximate surface area is 150 Å². The maximum Gasteiger partial charge on any atom is 0.185 e. The van der Waals surface area contributed by atoms with E-state index < -0.39 is 0 Å². The Morgan fingerprint density at radius 3 is 2.75 bits per heavy atom. The summed E-state index contributed by atoms with van der Waals surface area (Å²) < 4.78 is 11.5. The van der Waals surface area contributed by atoms with Gasteiger partial charge in [-0.2, -0.15) is 0 Å². The highest BCUT2D eigenvalue weighted by Crippen LogP contribution is 2.38. The van der Waals surface area contributed by atoms with Gasteiger partial charge in [0.05, 0.1) is 18.2 Å². The zero-order valence-electron chi connectivity index (χ0n) is 13.4. The lowest BCUT2D eigenvalue weighted by molar-refractivity contribution is 0.249. The van der Waals surface area contributed by atoms with Gasteiger partial charge in [0.2, 0.25) is 0 Å². The Morgan fingerprint density at radius 1 is 1.12 bits per heavy atom. The van der Waals surface area contributed by atoms with Crippen LogP contribution in [0.25, 0.3) is 0 Å². The standard InChI is InChI=1S/C17H20ClN3O2S/c18-14-10-13(11-15-16(14)23-8-1-7-22-15)12-20-3-5-21(6-4-20)17-19-2-9-24-17/h2,9-11H,1,3-8,12H2. The number of fused-ring (bicyclic) bond motifs is 1. The fourth-order valence-corrected chi connectivity index (χ4v) is 4.09. The summed E-state index contributed by atoms with van der Waals surface area (Å²) in [5.74, 6) is 1.46. The van der Waals surface area contributed by atoms with Crippen molar-refractivity contribution >= 4 is 28.1 Å². The number of nitrogens with zero attached hydrogens (tertiary/aromatic N) is 3. The third-order valence-corrected chi connectivity index (χ3v) is 5.44. The van der Waals surface area contributed by atoms with E-state index in [-0.39, 0.29) is 0 Å². The summed E-state index contributed by atoms with van der Waals surface area (Å²) in [6, 6.07) is 4.07. The lowest BCUT2D eigenvalue weighted by Gasteiger charge is -2.34. The molecule has 2 aromatic rings. The Balaban J connectivity index is 1.41. The molecule has 0 aliphatic carbocycles. The van der Waals surface area contributed by atoms with E-state index in [1.54, 1.807) is 11.3 Å². The summed E-state index contributed by atoms with van der Waals surface area (Å²) in [5.41, 5.74) is 1.17. The zero-order valence-corrected chi connectivity index (χ0v) is 15.0. The van der Waals surface area contributed by atoms with Crippen molar-refractivity contribution in [3.05, 3.63) is 34.3 Å². The second-order valence-electron chi connectivity index (χ2n) is 6.03. The number of benzene rings is 1. The van der Waals surface area contributed by atoms with Crippen molar-refractivity contribution in [1.29, 1.82) is 0 Å². The monoisotopic (exact) mass is 365 g/mol. The highest BCUT2D eigenvalue weighted by molar-refractivity contribution is 7.13. The molecule has 0 bridgehead atoms. The molecule has 1 fully saturated rings. The molecule has 0 saturated carbocycles. The van der Waals surface area contributed by atoms with Crippen molar-refractivity contribution in [3.63, 3.8) is 0 Å². The van der Waals surface area contributed by atoms with Crippen molar-refractivity contribution in [1.82, 2.24) is 9.88 Å². The van der Waals surface area contributed by atoms with Gasteiger partial charge in [-0.05, 0) is 17.7 Å². The van der Waals surface area contributed by atoms with E-state index in [1.807, 2.05) is 17.6 Å². The number of thiazole rings is 1. The maximum absolute atomic E-state index is 6.39. The number of anilines is 1. The molecule has 0 unspecified atom stereocenters. The van der Waals surface area contributed by atoms with Gasteiger partial charge in [-0.1, -0.05) is 11.6 Å². The molecule has 128 valence electrons. The van der Waals surface area contributed by atoms with E-state index >= 15 is 0 Å². The molecular formula is C17H20ClN3O2S. The Bertz CT molecular complexity index is 687. The van der Waals surface area contributed by atoms with Crippen LogP contribution in [0.5, 0.6) is 11.5 Å². The lowest BCUT2D eigenvalue weighted by Crippen LogP contribution is -2.45. The van der Waals surface area contributed by atoms with E-state index in [9.17, 15) is 0 Å². The highest BCUT2D eigenvalue weighted by atomic mass is 35.5. The van der Waals surface area contributed by atoms with Crippen LogP contribution in [0.2, 0.25) is 5.02 Å². The van der Waals surface area contributed by atoms with Crippen molar-refractivity contribution in [2.24, 2.45) is 0 Å². The van der Waals surface area contributed by atoms with Crippen molar-refractivity contribution < 1.29 is 9.47 Å². The van der Waals surface area contributed by atoms with Gasteiger partial charge in [-0.3, -0.25) is 4.90 Å². The molecule has 3 heterocycles. The van der Waals surface area contributed by atoms with E-state index in [2.05, 4.69) is 20.9 Å². The average molecular weight is 366 g/mol. The molecule has 2 aliphatic rings. The second kappa shape index (κ2) is 7.17. The molecule has 0 spiro atoms. The molecule has 4 rings (SSSR count). The first-order chi connectivity index (χ1) is 11.8. The first kappa shape index (κ1) is 16.0. The second-order valence-corrected chi connectivity index (χ2v) is 7.31.